The van der Waals surface area contributed by atoms with Crippen molar-refractivity contribution in [3.63, 3.8) is 0 Å². The molecule has 0 unspecified atom stereocenters. The van der Waals surface area contributed by atoms with Gasteiger partial charge >= 0.3 is 5.97 Å². The molecule has 32 heavy (non-hydrogen) atoms. The lowest BCUT2D eigenvalue weighted by Crippen LogP contribution is -2.16. The first kappa shape index (κ1) is 21.9. The van der Waals surface area contributed by atoms with Crippen LogP contribution in [0.25, 0.3) is 6.08 Å². The number of thiazole rings is 1. The van der Waals surface area contributed by atoms with Gasteiger partial charge < -0.3 is 14.6 Å². The largest absolute Gasteiger partial charge is 0.493 e. The lowest BCUT2D eigenvalue weighted by molar-refractivity contribution is -0.137. The van der Waals surface area contributed by atoms with Gasteiger partial charge in [-0.1, -0.05) is 6.42 Å². The fraction of sp³-hybridized carbons (Fsp3) is 0.217. The maximum atomic E-state index is 12.1. The Labute approximate surface area is 191 Å². The van der Waals surface area contributed by atoms with Crippen molar-refractivity contribution in [1.82, 2.24) is 4.57 Å². The van der Waals surface area contributed by atoms with Crippen LogP contribution >= 0.6 is 23.6 Å². The number of nitrogens with zero attached hydrogens (tertiary/aromatic N) is 2. The number of carboxylic acid groups (broad SMARTS) is 1. The summed E-state index contributed by atoms with van der Waals surface area (Å²) in [6, 6.07) is 8.99. The zero-order chi connectivity index (χ0) is 22.7. The van der Waals surface area contributed by atoms with E-state index < -0.39 is 5.97 Å². The number of hydrogen-bond donors (Lipinski definition) is 2. The van der Waals surface area contributed by atoms with Gasteiger partial charge in [0.05, 0.1) is 10.2 Å². The molecule has 2 N–H and O–H groups in total. The molecule has 0 amide bonds. The highest BCUT2D eigenvalue weighted by molar-refractivity contribution is 7.73. The number of carbonyl (C=O) groups is 2. The lowest BCUT2D eigenvalue weighted by Gasteiger charge is -2.04. The van der Waals surface area contributed by atoms with Crippen molar-refractivity contribution >= 4 is 41.4 Å². The molecule has 0 radical (unpaired) electrons. The molecule has 7 nitrogen and oxygen atoms in total. The van der Waals surface area contributed by atoms with Gasteiger partial charge in [-0.25, -0.2) is 0 Å². The van der Waals surface area contributed by atoms with Gasteiger partial charge in [0, 0.05) is 42.1 Å². The molecule has 4 rings (SSSR count). The highest BCUT2D eigenvalue weighted by atomic mass is 32.1. The molecule has 2 aromatic heterocycles. The van der Waals surface area contributed by atoms with E-state index in [9.17, 15) is 14.7 Å². The highest BCUT2D eigenvalue weighted by Gasteiger charge is 2.11. The monoisotopic (exact) mass is 468 g/mol. The van der Waals surface area contributed by atoms with Crippen LogP contribution in [0, 0.1) is 14.6 Å². The van der Waals surface area contributed by atoms with Gasteiger partial charge in [0.25, 0.3) is 0 Å². The second kappa shape index (κ2) is 9.46. The molecule has 1 aromatic carbocycles. The number of benzene rings is 1. The van der Waals surface area contributed by atoms with Crippen LogP contribution in [-0.2, 0) is 11.3 Å². The van der Waals surface area contributed by atoms with Crippen molar-refractivity contribution in [3.8, 4) is 5.88 Å². The zero-order valence-corrected chi connectivity index (χ0v) is 18.6. The number of ketones is 1. The Hall–Kier alpha value is -3.30. The van der Waals surface area contributed by atoms with E-state index >= 15 is 0 Å². The number of furan rings is 1. The summed E-state index contributed by atoms with van der Waals surface area (Å²) in [7, 11) is 0. The molecule has 9 heteroatoms. The first-order chi connectivity index (χ1) is 15.4. The number of fused-ring (bicyclic) bond motifs is 1. The summed E-state index contributed by atoms with van der Waals surface area (Å²) < 4.78 is 8.12. The molecule has 3 heterocycles. The summed E-state index contributed by atoms with van der Waals surface area (Å²) in [6.07, 6.45) is 6.87. The standard InChI is InChI=1S/C23H20N2O5S2/c26-18-9-10-24-17-7-5-14(12-16(17)18)19-8-6-15(30-19)13-20-22(29)25(23(31)32-20)11-3-1-2-4-21(27)28/h5-10,12-13,29H,1-4,11H2,(H,27,28). The Kier molecular flexibility index (Phi) is 6.48. The average molecular weight is 469 g/mol. The molecule has 0 saturated carbocycles. The minimum atomic E-state index is -0.802. The van der Waals surface area contributed by atoms with E-state index in [1.807, 2.05) is 12.1 Å². The van der Waals surface area contributed by atoms with Crippen molar-refractivity contribution in [2.24, 2.45) is 4.99 Å². The second-order valence-electron chi connectivity index (χ2n) is 7.30. The van der Waals surface area contributed by atoms with Crippen LogP contribution in [0.3, 0.4) is 0 Å². The summed E-state index contributed by atoms with van der Waals surface area (Å²) in [5.41, 5.74) is 1.68. The summed E-state index contributed by atoms with van der Waals surface area (Å²) in [5, 5.41) is 20.7. The van der Waals surface area contributed by atoms with Gasteiger partial charge in [-0.2, -0.15) is 0 Å². The van der Waals surface area contributed by atoms with E-state index in [2.05, 4.69) is 4.99 Å². The van der Waals surface area contributed by atoms with Crippen LogP contribution in [0.4, 0.5) is 0 Å². The topological polar surface area (TPSA) is 105 Å². The van der Waals surface area contributed by atoms with Crippen LogP contribution in [0.2, 0.25) is 0 Å². The third-order valence-corrected chi connectivity index (χ3v) is 6.44. The van der Waals surface area contributed by atoms with Gasteiger partial charge in [0.1, 0.15) is 10.8 Å². The summed E-state index contributed by atoms with van der Waals surface area (Å²) in [6.45, 7) is 0.528. The Morgan fingerprint density at radius 2 is 2.06 bits per heavy atom. The van der Waals surface area contributed by atoms with E-state index in [-0.39, 0.29) is 18.1 Å². The molecule has 0 saturated heterocycles. The highest BCUT2D eigenvalue weighted by Crippen LogP contribution is 2.27. The Morgan fingerprint density at radius 3 is 2.88 bits per heavy atom. The predicted octanol–water partition coefficient (Wildman–Crippen LogP) is 3.67. The number of aliphatic carboxylic acids is 1. The molecular weight excluding hydrogens is 448 g/mol. The SMILES string of the molecule is O=C(O)CCCCCn1c(O)c(C=c2ccc(=c3ccc4c(c3)C(=O)C=CN=4)o2)sc1=S. The summed E-state index contributed by atoms with van der Waals surface area (Å²) in [5.74, 6) is -0.823. The molecule has 0 fully saturated rings. The quantitative estimate of drug-likeness (QED) is 0.405. The summed E-state index contributed by atoms with van der Waals surface area (Å²) in [4.78, 5) is 27.5. The molecule has 164 valence electrons. The maximum absolute atomic E-state index is 12.1. The van der Waals surface area contributed by atoms with Crippen LogP contribution in [0.15, 0.2) is 52.0 Å². The Balaban J connectivity index is 1.60. The lowest BCUT2D eigenvalue weighted by atomic mass is 10.1. The smallest absolute Gasteiger partial charge is 0.303 e. The predicted molar refractivity (Wildman–Crippen MR) is 122 cm³/mol. The van der Waals surface area contributed by atoms with E-state index in [1.165, 1.54) is 23.6 Å². The van der Waals surface area contributed by atoms with Crippen LogP contribution in [-0.4, -0.2) is 26.5 Å². The van der Waals surface area contributed by atoms with Gasteiger partial charge in [-0.3, -0.25) is 19.1 Å². The van der Waals surface area contributed by atoms with Gasteiger partial charge in [0.2, 0.25) is 5.88 Å². The molecule has 1 aliphatic heterocycles. The number of aromatic hydroxyl groups is 1. The third-order valence-electron chi connectivity index (χ3n) is 5.05. The molecule has 3 aromatic rings. The molecule has 0 bridgehead atoms. The molecule has 1 aliphatic rings. The molecule has 0 aliphatic carbocycles. The number of carboxylic acids is 1. The summed E-state index contributed by atoms with van der Waals surface area (Å²) >= 11 is 6.66. The number of rotatable bonds is 7. The fourth-order valence-electron chi connectivity index (χ4n) is 3.42. The van der Waals surface area contributed by atoms with E-state index in [1.54, 1.807) is 28.8 Å². The van der Waals surface area contributed by atoms with Gasteiger partial charge in [0.15, 0.2) is 9.74 Å². The Morgan fingerprint density at radius 1 is 1.22 bits per heavy atom. The van der Waals surface area contributed by atoms with E-state index in [0.717, 1.165) is 18.1 Å². The van der Waals surface area contributed by atoms with Crippen molar-refractivity contribution in [2.45, 2.75) is 32.2 Å². The first-order valence-corrected chi connectivity index (χ1v) is 11.3. The van der Waals surface area contributed by atoms with Crippen molar-refractivity contribution in [1.29, 1.82) is 0 Å². The zero-order valence-electron chi connectivity index (χ0n) is 17.0. The first-order valence-electron chi connectivity index (χ1n) is 10.1. The number of carbonyl (C=O) groups excluding carboxylic acids is 1. The minimum Gasteiger partial charge on any atom is -0.493 e. The fourth-order valence-corrected chi connectivity index (χ4v) is 4.72. The van der Waals surface area contributed by atoms with Crippen LogP contribution in [0.1, 0.15) is 40.9 Å². The second-order valence-corrected chi connectivity index (χ2v) is 8.97. The van der Waals surface area contributed by atoms with Crippen LogP contribution in [0.5, 0.6) is 5.88 Å². The molecule has 0 atom stereocenters. The third kappa shape index (κ3) is 4.79. The molecule has 0 spiro atoms. The van der Waals surface area contributed by atoms with Crippen molar-refractivity contribution in [2.75, 3.05) is 0 Å². The number of unbranched alkanes of at least 4 members (excludes halogenated alkanes) is 2. The van der Waals surface area contributed by atoms with Crippen molar-refractivity contribution in [3.05, 3.63) is 78.4 Å². The number of allylic oxidation sites excluding steroid dienone is 1. The number of hydrogen-bond acceptors (Lipinski definition) is 7. The van der Waals surface area contributed by atoms with E-state index in [4.69, 9.17) is 21.7 Å². The van der Waals surface area contributed by atoms with E-state index in [0.29, 0.717) is 43.5 Å². The Bertz CT molecular complexity index is 1490. The number of aromatic nitrogens is 1. The normalized spacial score (nSPS) is 14.4. The van der Waals surface area contributed by atoms with Gasteiger partial charge in [-0.15, -0.1) is 11.3 Å². The maximum Gasteiger partial charge on any atom is 0.303 e. The van der Waals surface area contributed by atoms with Crippen molar-refractivity contribution < 1.29 is 24.2 Å². The molecular formula is C23H20N2O5S2. The average Bonchev–Trinajstić information content (AvgIpc) is 3.33. The van der Waals surface area contributed by atoms with Crippen LogP contribution < -0.4 is 10.8 Å². The van der Waals surface area contributed by atoms with Gasteiger partial charge in [-0.05, 0) is 55.4 Å². The minimum absolute atomic E-state index is 0.0731.